The predicted molar refractivity (Wildman–Crippen MR) is 60.0 cm³/mol. The molecule has 0 atom stereocenters. The quantitative estimate of drug-likeness (QED) is 0.731. The zero-order valence-corrected chi connectivity index (χ0v) is 9.50. The summed E-state index contributed by atoms with van der Waals surface area (Å²) in [6.07, 6.45) is 5.48. The van der Waals surface area contributed by atoms with Crippen LogP contribution < -0.4 is 5.32 Å². The van der Waals surface area contributed by atoms with Crippen LogP contribution in [0.4, 0.5) is 0 Å². The second-order valence-corrected chi connectivity index (χ2v) is 5.42. The second-order valence-electron chi connectivity index (χ2n) is 5.42. The summed E-state index contributed by atoms with van der Waals surface area (Å²) in [6, 6.07) is 0. The molecule has 1 saturated carbocycles. The van der Waals surface area contributed by atoms with Crippen molar-refractivity contribution in [2.75, 3.05) is 39.4 Å². The smallest absolute Gasteiger partial charge is 0.0652 e. The highest BCUT2D eigenvalue weighted by molar-refractivity contribution is 4.98. The molecule has 1 N–H and O–H groups in total. The summed E-state index contributed by atoms with van der Waals surface area (Å²) in [6.45, 7) is 6.76. The van der Waals surface area contributed by atoms with Crippen LogP contribution in [0.2, 0.25) is 0 Å². The van der Waals surface area contributed by atoms with Gasteiger partial charge >= 0.3 is 0 Å². The highest BCUT2D eigenvalue weighted by Gasteiger charge is 2.42. The maximum absolute atomic E-state index is 5.73. The summed E-state index contributed by atoms with van der Waals surface area (Å²) in [7, 11) is 0. The number of nitrogens with one attached hydrogen (secondary N) is 1. The lowest BCUT2D eigenvalue weighted by Crippen LogP contribution is -2.61. The summed E-state index contributed by atoms with van der Waals surface area (Å²) in [5.41, 5.74) is 0.395. The van der Waals surface area contributed by atoms with Gasteiger partial charge in [0.15, 0.2) is 0 Å². The lowest BCUT2D eigenvalue weighted by atomic mass is 9.86. The van der Waals surface area contributed by atoms with Crippen LogP contribution in [0, 0.1) is 5.92 Å². The third-order valence-corrected chi connectivity index (χ3v) is 4.26. The highest BCUT2D eigenvalue weighted by Crippen LogP contribution is 2.36. The van der Waals surface area contributed by atoms with Crippen molar-refractivity contribution in [3.8, 4) is 0 Å². The molecule has 3 heteroatoms. The van der Waals surface area contributed by atoms with Crippen molar-refractivity contribution in [1.82, 2.24) is 10.2 Å². The largest absolute Gasteiger partial charge is 0.378 e. The van der Waals surface area contributed by atoms with Crippen LogP contribution >= 0.6 is 0 Å². The maximum Gasteiger partial charge on any atom is 0.0652 e. The normalized spacial score (nSPS) is 32.0. The van der Waals surface area contributed by atoms with Crippen molar-refractivity contribution in [3.05, 3.63) is 0 Å². The molecule has 0 aromatic carbocycles. The molecular weight excluding hydrogens is 188 g/mol. The maximum atomic E-state index is 5.73. The first-order chi connectivity index (χ1) is 7.39. The van der Waals surface area contributed by atoms with Crippen LogP contribution in [0.15, 0.2) is 0 Å². The molecule has 1 spiro atoms. The van der Waals surface area contributed by atoms with Gasteiger partial charge < -0.3 is 10.1 Å². The predicted octanol–water partition coefficient (Wildman–Crippen LogP) is 0.851. The molecule has 3 nitrogen and oxygen atoms in total. The van der Waals surface area contributed by atoms with Gasteiger partial charge in [-0.1, -0.05) is 0 Å². The topological polar surface area (TPSA) is 24.5 Å². The summed E-state index contributed by atoms with van der Waals surface area (Å²) >= 11 is 0. The Hall–Kier alpha value is -0.120. The van der Waals surface area contributed by atoms with Crippen molar-refractivity contribution in [2.24, 2.45) is 5.92 Å². The molecule has 15 heavy (non-hydrogen) atoms. The second kappa shape index (κ2) is 4.04. The molecule has 1 aliphatic carbocycles. The van der Waals surface area contributed by atoms with Crippen molar-refractivity contribution in [2.45, 2.75) is 31.2 Å². The Morgan fingerprint density at radius 1 is 1.27 bits per heavy atom. The van der Waals surface area contributed by atoms with Gasteiger partial charge in [-0.15, -0.1) is 0 Å². The van der Waals surface area contributed by atoms with Gasteiger partial charge in [-0.25, -0.2) is 0 Å². The van der Waals surface area contributed by atoms with E-state index in [0.29, 0.717) is 5.54 Å². The molecule has 0 aromatic rings. The highest BCUT2D eigenvalue weighted by atomic mass is 16.5. The van der Waals surface area contributed by atoms with E-state index in [1.807, 2.05) is 0 Å². The van der Waals surface area contributed by atoms with E-state index in [9.17, 15) is 0 Å². The Bertz CT molecular complexity index is 213. The minimum Gasteiger partial charge on any atom is -0.378 e. The van der Waals surface area contributed by atoms with Crippen LogP contribution in [0.3, 0.4) is 0 Å². The van der Waals surface area contributed by atoms with E-state index in [1.54, 1.807) is 0 Å². The molecule has 0 unspecified atom stereocenters. The number of hydrogen-bond donors (Lipinski definition) is 1. The fourth-order valence-electron chi connectivity index (χ4n) is 3.02. The van der Waals surface area contributed by atoms with Gasteiger partial charge in [0, 0.05) is 18.6 Å². The van der Waals surface area contributed by atoms with E-state index in [1.165, 1.54) is 45.3 Å². The van der Waals surface area contributed by atoms with E-state index in [0.717, 1.165) is 25.7 Å². The van der Waals surface area contributed by atoms with E-state index in [-0.39, 0.29) is 0 Å². The third kappa shape index (κ3) is 2.05. The molecule has 2 saturated heterocycles. The van der Waals surface area contributed by atoms with Crippen molar-refractivity contribution < 1.29 is 4.74 Å². The van der Waals surface area contributed by atoms with E-state index >= 15 is 0 Å². The molecule has 2 heterocycles. The SMILES string of the molecule is C1CC2(CCN1)COCCN2CC1CC1. The summed E-state index contributed by atoms with van der Waals surface area (Å²) in [5, 5.41) is 3.46. The average Bonchev–Trinajstić information content (AvgIpc) is 3.07. The van der Waals surface area contributed by atoms with Crippen molar-refractivity contribution in [1.29, 1.82) is 0 Å². The number of piperidine rings is 1. The average molecular weight is 210 g/mol. The van der Waals surface area contributed by atoms with Gasteiger partial charge in [-0.3, -0.25) is 4.90 Å². The molecular formula is C12H22N2O. The van der Waals surface area contributed by atoms with E-state index < -0.39 is 0 Å². The summed E-state index contributed by atoms with van der Waals surface area (Å²) in [4.78, 5) is 2.75. The Labute approximate surface area is 92.2 Å². The number of ether oxygens (including phenoxy) is 1. The molecule has 0 amide bonds. The Morgan fingerprint density at radius 3 is 2.80 bits per heavy atom. The van der Waals surface area contributed by atoms with Gasteiger partial charge in [-0.2, -0.15) is 0 Å². The lowest BCUT2D eigenvalue weighted by molar-refractivity contribution is -0.0840. The Kier molecular flexibility index (Phi) is 2.71. The van der Waals surface area contributed by atoms with Gasteiger partial charge in [0.2, 0.25) is 0 Å². The van der Waals surface area contributed by atoms with Crippen LogP contribution in [0.1, 0.15) is 25.7 Å². The van der Waals surface area contributed by atoms with Crippen LogP contribution in [-0.4, -0.2) is 49.8 Å². The Balaban J connectivity index is 1.69. The molecule has 3 aliphatic rings. The summed E-state index contributed by atoms with van der Waals surface area (Å²) < 4.78 is 5.73. The number of nitrogens with zero attached hydrogens (tertiary/aromatic N) is 1. The van der Waals surface area contributed by atoms with Gasteiger partial charge in [0.1, 0.15) is 0 Å². The standard InChI is InChI=1S/C12H22N2O/c1-2-11(1)9-14-7-8-15-10-12(14)3-5-13-6-4-12/h11,13H,1-10H2. The fourth-order valence-corrected chi connectivity index (χ4v) is 3.02. The van der Waals surface area contributed by atoms with E-state index in [2.05, 4.69) is 10.2 Å². The zero-order chi connectivity index (χ0) is 10.1. The first-order valence-corrected chi connectivity index (χ1v) is 6.43. The van der Waals surface area contributed by atoms with Gasteiger partial charge in [-0.05, 0) is 44.7 Å². The number of morpholine rings is 1. The first-order valence-electron chi connectivity index (χ1n) is 6.43. The number of hydrogen-bond acceptors (Lipinski definition) is 3. The van der Waals surface area contributed by atoms with Crippen LogP contribution in [0.25, 0.3) is 0 Å². The minimum atomic E-state index is 0.395. The molecule has 3 fully saturated rings. The molecule has 0 radical (unpaired) electrons. The molecule has 0 bridgehead atoms. The minimum absolute atomic E-state index is 0.395. The molecule has 2 aliphatic heterocycles. The van der Waals surface area contributed by atoms with Crippen molar-refractivity contribution in [3.63, 3.8) is 0 Å². The Morgan fingerprint density at radius 2 is 2.07 bits per heavy atom. The molecule has 3 rings (SSSR count). The number of rotatable bonds is 2. The van der Waals surface area contributed by atoms with Crippen LogP contribution in [0.5, 0.6) is 0 Å². The monoisotopic (exact) mass is 210 g/mol. The first kappa shape index (κ1) is 10.1. The molecule has 0 aromatic heterocycles. The van der Waals surface area contributed by atoms with Gasteiger partial charge in [0.05, 0.1) is 13.2 Å². The third-order valence-electron chi connectivity index (χ3n) is 4.26. The summed E-state index contributed by atoms with van der Waals surface area (Å²) in [5.74, 6) is 1.01. The molecule has 86 valence electrons. The van der Waals surface area contributed by atoms with Gasteiger partial charge in [0.25, 0.3) is 0 Å². The van der Waals surface area contributed by atoms with E-state index in [4.69, 9.17) is 4.74 Å². The zero-order valence-electron chi connectivity index (χ0n) is 9.50. The van der Waals surface area contributed by atoms with Crippen molar-refractivity contribution >= 4 is 0 Å². The fraction of sp³-hybridized carbons (Fsp3) is 1.00. The van der Waals surface area contributed by atoms with Crippen LogP contribution in [-0.2, 0) is 4.74 Å². The lowest BCUT2D eigenvalue weighted by Gasteiger charge is -2.49.